The van der Waals surface area contributed by atoms with E-state index in [9.17, 15) is 14.0 Å². The van der Waals surface area contributed by atoms with Gasteiger partial charge in [0.05, 0.1) is 5.56 Å². The Morgan fingerprint density at radius 3 is 2.60 bits per heavy atom. The predicted molar refractivity (Wildman–Crippen MR) is 95.1 cm³/mol. The molecule has 130 valence electrons. The number of rotatable bonds is 3. The molecule has 4 nitrogen and oxygen atoms in total. The van der Waals surface area contributed by atoms with Crippen LogP contribution in [0.1, 0.15) is 34.8 Å². The zero-order valence-electron chi connectivity index (χ0n) is 14.4. The molecular formula is C20H21FN2O2. The summed E-state index contributed by atoms with van der Waals surface area (Å²) in [5, 5.41) is 2.58. The second-order valence-electron chi connectivity index (χ2n) is 6.46. The molecule has 0 saturated heterocycles. The maximum atomic E-state index is 14.2. The van der Waals surface area contributed by atoms with Crippen LogP contribution in [-0.4, -0.2) is 29.8 Å². The van der Waals surface area contributed by atoms with Crippen molar-refractivity contribution < 1.29 is 14.0 Å². The Morgan fingerprint density at radius 1 is 1.16 bits per heavy atom. The highest BCUT2D eigenvalue weighted by Crippen LogP contribution is 2.25. The first-order valence-corrected chi connectivity index (χ1v) is 8.37. The van der Waals surface area contributed by atoms with Gasteiger partial charge in [-0.15, -0.1) is 0 Å². The maximum absolute atomic E-state index is 14.2. The number of carbonyl (C=O) groups is 2. The van der Waals surface area contributed by atoms with Crippen LogP contribution in [0.15, 0.2) is 42.5 Å². The lowest BCUT2D eigenvalue weighted by Crippen LogP contribution is -2.41. The average Bonchev–Trinajstić information content (AvgIpc) is 2.61. The van der Waals surface area contributed by atoms with E-state index in [2.05, 4.69) is 17.4 Å². The summed E-state index contributed by atoms with van der Waals surface area (Å²) in [4.78, 5) is 25.6. The van der Waals surface area contributed by atoms with Crippen LogP contribution >= 0.6 is 0 Å². The van der Waals surface area contributed by atoms with E-state index < -0.39 is 5.82 Å². The number of hydrogen-bond donors (Lipinski definition) is 1. The highest BCUT2D eigenvalue weighted by molar-refractivity contribution is 5.97. The Labute approximate surface area is 146 Å². The fraction of sp³-hybridized carbons (Fsp3) is 0.300. The number of benzene rings is 2. The van der Waals surface area contributed by atoms with E-state index in [0.29, 0.717) is 5.69 Å². The molecule has 0 bridgehead atoms. The molecule has 5 heteroatoms. The fourth-order valence-corrected chi connectivity index (χ4v) is 3.34. The third-order valence-corrected chi connectivity index (χ3v) is 4.71. The number of nitrogens with one attached hydrogen (secondary N) is 1. The normalized spacial score (nSPS) is 16.0. The van der Waals surface area contributed by atoms with Gasteiger partial charge in [0.25, 0.3) is 5.91 Å². The van der Waals surface area contributed by atoms with Crippen LogP contribution in [0.25, 0.3) is 0 Å². The predicted octanol–water partition coefficient (Wildman–Crippen LogP) is 3.41. The van der Waals surface area contributed by atoms with Gasteiger partial charge in [0, 0.05) is 25.7 Å². The number of fused-ring (bicyclic) bond motifs is 1. The summed E-state index contributed by atoms with van der Waals surface area (Å²) in [7, 11) is 1.71. The summed E-state index contributed by atoms with van der Waals surface area (Å²) in [5.41, 5.74) is 2.96. The smallest absolute Gasteiger partial charge is 0.256 e. The minimum atomic E-state index is -0.581. The molecule has 2 amide bonds. The SMILES string of the molecule is CC(=O)Nc1ccc(F)c(C(=O)N(C)[C@@H]2CCc3ccccc3C2)c1. The zero-order valence-corrected chi connectivity index (χ0v) is 14.4. The monoisotopic (exact) mass is 340 g/mol. The fourth-order valence-electron chi connectivity index (χ4n) is 3.34. The lowest BCUT2D eigenvalue weighted by molar-refractivity contribution is -0.114. The van der Waals surface area contributed by atoms with E-state index in [1.165, 1.54) is 36.2 Å². The van der Waals surface area contributed by atoms with Crippen molar-refractivity contribution in [2.75, 3.05) is 12.4 Å². The number of amides is 2. The summed E-state index contributed by atoms with van der Waals surface area (Å²) < 4.78 is 14.2. The third kappa shape index (κ3) is 3.71. The molecule has 25 heavy (non-hydrogen) atoms. The number of likely N-dealkylation sites (N-methyl/N-ethyl adjacent to an activating group) is 1. The molecule has 1 aliphatic carbocycles. The first kappa shape index (κ1) is 17.1. The summed E-state index contributed by atoms with van der Waals surface area (Å²) in [6.07, 6.45) is 2.53. The third-order valence-electron chi connectivity index (χ3n) is 4.71. The van der Waals surface area contributed by atoms with E-state index in [1.54, 1.807) is 11.9 Å². The molecular weight excluding hydrogens is 319 g/mol. The van der Waals surface area contributed by atoms with Gasteiger partial charge < -0.3 is 10.2 Å². The Morgan fingerprint density at radius 2 is 1.88 bits per heavy atom. The van der Waals surface area contributed by atoms with Crippen molar-refractivity contribution in [3.63, 3.8) is 0 Å². The Bertz CT molecular complexity index is 819. The zero-order chi connectivity index (χ0) is 18.0. The van der Waals surface area contributed by atoms with Crippen molar-refractivity contribution in [2.45, 2.75) is 32.2 Å². The van der Waals surface area contributed by atoms with E-state index in [1.807, 2.05) is 12.1 Å². The molecule has 2 aromatic carbocycles. The molecule has 0 spiro atoms. The minimum absolute atomic E-state index is 0.0207. The van der Waals surface area contributed by atoms with Crippen LogP contribution in [0.2, 0.25) is 0 Å². The lowest BCUT2D eigenvalue weighted by Gasteiger charge is -2.32. The molecule has 0 saturated carbocycles. The number of nitrogens with zero attached hydrogens (tertiary/aromatic N) is 1. The van der Waals surface area contributed by atoms with Gasteiger partial charge in [0.2, 0.25) is 5.91 Å². The van der Waals surface area contributed by atoms with Crippen LogP contribution in [0.5, 0.6) is 0 Å². The van der Waals surface area contributed by atoms with Gasteiger partial charge in [-0.3, -0.25) is 9.59 Å². The first-order chi connectivity index (χ1) is 12.0. The number of hydrogen-bond acceptors (Lipinski definition) is 2. The van der Waals surface area contributed by atoms with Crippen molar-refractivity contribution in [1.82, 2.24) is 4.90 Å². The quantitative estimate of drug-likeness (QED) is 0.931. The Kier molecular flexibility index (Phi) is 4.83. The van der Waals surface area contributed by atoms with Crippen LogP contribution < -0.4 is 5.32 Å². The van der Waals surface area contributed by atoms with Crippen molar-refractivity contribution in [2.24, 2.45) is 0 Å². The van der Waals surface area contributed by atoms with E-state index in [0.717, 1.165) is 19.3 Å². The van der Waals surface area contributed by atoms with Crippen LogP contribution in [0.3, 0.4) is 0 Å². The molecule has 0 fully saturated rings. The second-order valence-corrected chi connectivity index (χ2v) is 6.46. The van der Waals surface area contributed by atoms with Crippen molar-refractivity contribution in [3.05, 3.63) is 65.0 Å². The summed E-state index contributed by atoms with van der Waals surface area (Å²) in [6, 6.07) is 12.3. The molecule has 3 rings (SSSR count). The molecule has 0 aromatic heterocycles. The number of halogens is 1. The average molecular weight is 340 g/mol. The summed E-state index contributed by atoms with van der Waals surface area (Å²) >= 11 is 0. The van der Waals surface area contributed by atoms with E-state index in [4.69, 9.17) is 0 Å². The van der Waals surface area contributed by atoms with Crippen molar-refractivity contribution in [3.8, 4) is 0 Å². The van der Waals surface area contributed by atoms with Crippen LogP contribution in [-0.2, 0) is 17.6 Å². The Hall–Kier alpha value is -2.69. The van der Waals surface area contributed by atoms with Crippen molar-refractivity contribution in [1.29, 1.82) is 0 Å². The van der Waals surface area contributed by atoms with Gasteiger partial charge in [-0.2, -0.15) is 0 Å². The highest BCUT2D eigenvalue weighted by atomic mass is 19.1. The maximum Gasteiger partial charge on any atom is 0.256 e. The first-order valence-electron chi connectivity index (χ1n) is 8.37. The molecule has 0 aliphatic heterocycles. The highest BCUT2D eigenvalue weighted by Gasteiger charge is 2.27. The molecule has 1 N–H and O–H groups in total. The number of aryl methyl sites for hydroxylation is 1. The van der Waals surface area contributed by atoms with Crippen LogP contribution in [0.4, 0.5) is 10.1 Å². The van der Waals surface area contributed by atoms with Gasteiger partial charge in [-0.1, -0.05) is 24.3 Å². The molecule has 0 unspecified atom stereocenters. The molecule has 1 aliphatic rings. The Balaban J connectivity index is 1.80. The molecule has 0 heterocycles. The summed E-state index contributed by atoms with van der Waals surface area (Å²) in [5.74, 6) is -1.21. The van der Waals surface area contributed by atoms with Crippen molar-refractivity contribution >= 4 is 17.5 Å². The number of carbonyl (C=O) groups excluding carboxylic acids is 2. The largest absolute Gasteiger partial charge is 0.338 e. The topological polar surface area (TPSA) is 49.4 Å². The molecule has 2 aromatic rings. The van der Waals surface area contributed by atoms with Gasteiger partial charge in [0.1, 0.15) is 5.82 Å². The lowest BCUT2D eigenvalue weighted by atomic mass is 9.87. The molecule has 1 atom stereocenters. The van der Waals surface area contributed by atoms with Crippen LogP contribution in [0, 0.1) is 5.82 Å². The second kappa shape index (κ2) is 7.05. The number of anilines is 1. The van der Waals surface area contributed by atoms with E-state index >= 15 is 0 Å². The minimum Gasteiger partial charge on any atom is -0.338 e. The van der Waals surface area contributed by atoms with Gasteiger partial charge >= 0.3 is 0 Å². The summed E-state index contributed by atoms with van der Waals surface area (Å²) in [6.45, 7) is 1.37. The molecule has 0 radical (unpaired) electrons. The van der Waals surface area contributed by atoms with Gasteiger partial charge in [-0.05, 0) is 48.6 Å². The van der Waals surface area contributed by atoms with Gasteiger partial charge in [-0.25, -0.2) is 4.39 Å². The van der Waals surface area contributed by atoms with E-state index in [-0.39, 0.29) is 23.4 Å². The van der Waals surface area contributed by atoms with Gasteiger partial charge in [0.15, 0.2) is 0 Å². The standard InChI is InChI=1S/C20H21FN2O2/c1-13(24)22-16-8-10-19(21)18(12-16)20(25)23(2)17-9-7-14-5-3-4-6-15(14)11-17/h3-6,8,10,12,17H,7,9,11H2,1-2H3,(H,22,24)/t17-/m1/s1.